The fraction of sp³-hybridized carbons (Fsp3) is 0.278. The Balaban J connectivity index is 2.26. The Kier molecular flexibility index (Phi) is 4.20. The Morgan fingerprint density at radius 3 is 2.67 bits per heavy atom. The number of nitrogens with zero attached hydrogens (tertiary/aromatic N) is 1. The monoisotopic (exact) mass is 326 g/mol. The highest BCUT2D eigenvalue weighted by atomic mass is 16.5. The number of fused-ring (bicyclic) bond motifs is 1. The van der Waals surface area contributed by atoms with Crippen molar-refractivity contribution in [1.82, 2.24) is 9.97 Å². The molecule has 1 aromatic carbocycles. The van der Waals surface area contributed by atoms with Crippen LogP contribution in [0.2, 0.25) is 0 Å². The van der Waals surface area contributed by atoms with Crippen LogP contribution in [0.3, 0.4) is 0 Å². The second kappa shape index (κ2) is 6.31. The van der Waals surface area contributed by atoms with Gasteiger partial charge in [0.15, 0.2) is 0 Å². The molecule has 0 fully saturated rings. The summed E-state index contributed by atoms with van der Waals surface area (Å²) in [5.74, 6) is 0.0150. The number of allylic oxidation sites excluding steroid dienone is 1. The van der Waals surface area contributed by atoms with Crippen LogP contribution in [0.15, 0.2) is 46.5 Å². The summed E-state index contributed by atoms with van der Waals surface area (Å²) in [6.45, 7) is 5.35. The van der Waals surface area contributed by atoms with Crippen molar-refractivity contribution in [3.63, 3.8) is 0 Å². The van der Waals surface area contributed by atoms with E-state index in [1.165, 1.54) is 0 Å². The Hall–Kier alpha value is -2.89. The maximum absolute atomic E-state index is 12.6. The van der Waals surface area contributed by atoms with Gasteiger partial charge in [-0.1, -0.05) is 30.3 Å². The average Bonchev–Trinajstić information content (AvgIpc) is 2.54. The summed E-state index contributed by atoms with van der Waals surface area (Å²) in [7, 11) is 0. The highest BCUT2D eigenvalue weighted by Gasteiger charge is 2.37. The number of ether oxygens (including phenoxy) is 2. The Labute approximate surface area is 139 Å². The van der Waals surface area contributed by atoms with E-state index < -0.39 is 11.9 Å². The molecular weight excluding hydrogens is 308 g/mol. The first-order chi connectivity index (χ1) is 11.5. The molecular formula is C18H18N2O4. The van der Waals surface area contributed by atoms with Crippen molar-refractivity contribution >= 4 is 5.97 Å². The number of carbonyl (C=O) groups is 1. The lowest BCUT2D eigenvalue weighted by Crippen LogP contribution is -2.30. The molecule has 2 heterocycles. The topological polar surface area (TPSA) is 81.3 Å². The molecule has 0 spiro atoms. The van der Waals surface area contributed by atoms with Crippen LogP contribution in [0.25, 0.3) is 0 Å². The molecule has 24 heavy (non-hydrogen) atoms. The molecule has 1 aromatic heterocycles. The first kappa shape index (κ1) is 16.0. The number of carbonyl (C=O) groups excluding carboxylic acids is 1. The molecule has 6 nitrogen and oxygen atoms in total. The minimum absolute atomic E-state index is 0.232. The second-order valence-corrected chi connectivity index (χ2v) is 5.51. The van der Waals surface area contributed by atoms with Gasteiger partial charge in [0.1, 0.15) is 11.6 Å². The van der Waals surface area contributed by atoms with E-state index in [0.29, 0.717) is 22.7 Å². The van der Waals surface area contributed by atoms with Crippen LogP contribution in [0.1, 0.15) is 36.7 Å². The van der Waals surface area contributed by atoms with Crippen molar-refractivity contribution in [2.75, 3.05) is 6.61 Å². The normalized spacial score (nSPS) is 16.4. The zero-order chi connectivity index (χ0) is 17.3. The molecule has 0 saturated carbocycles. The minimum atomic E-state index is -0.578. The molecule has 0 bridgehead atoms. The summed E-state index contributed by atoms with van der Waals surface area (Å²) in [6, 6.07) is 9.33. The van der Waals surface area contributed by atoms with Crippen molar-refractivity contribution in [3.8, 4) is 5.88 Å². The van der Waals surface area contributed by atoms with E-state index in [2.05, 4.69) is 9.97 Å². The smallest absolute Gasteiger partial charge is 0.338 e. The van der Waals surface area contributed by atoms with Crippen molar-refractivity contribution in [3.05, 3.63) is 69.0 Å². The van der Waals surface area contributed by atoms with Crippen LogP contribution in [0.4, 0.5) is 0 Å². The third kappa shape index (κ3) is 2.71. The van der Waals surface area contributed by atoms with Gasteiger partial charge in [-0.3, -0.25) is 4.79 Å². The first-order valence-electron chi connectivity index (χ1n) is 7.74. The number of H-pyrrole nitrogens is 1. The van der Waals surface area contributed by atoms with E-state index in [1.54, 1.807) is 20.8 Å². The average molecular weight is 326 g/mol. The third-order valence-corrected chi connectivity index (χ3v) is 3.87. The van der Waals surface area contributed by atoms with Gasteiger partial charge in [0.25, 0.3) is 5.56 Å². The van der Waals surface area contributed by atoms with Gasteiger partial charge in [0.2, 0.25) is 5.88 Å². The van der Waals surface area contributed by atoms with Gasteiger partial charge in [-0.15, -0.1) is 0 Å². The standard InChI is InChI=1S/C18H18N2O4/c1-4-23-18(22)13-10(2)24-17-15(16(21)19-11(3)20-17)14(13)12-8-6-5-7-9-12/h5-9,14H,4H2,1-3H3,(H,19,20,21)/t14-/m0/s1. The first-order valence-corrected chi connectivity index (χ1v) is 7.74. The summed E-state index contributed by atoms with van der Waals surface area (Å²) in [4.78, 5) is 32.0. The van der Waals surface area contributed by atoms with Crippen LogP contribution in [0, 0.1) is 6.92 Å². The number of aromatic amines is 1. The number of aryl methyl sites for hydroxylation is 1. The summed E-state index contributed by atoms with van der Waals surface area (Å²) >= 11 is 0. The van der Waals surface area contributed by atoms with Crippen LogP contribution in [-0.4, -0.2) is 22.5 Å². The van der Waals surface area contributed by atoms with Gasteiger partial charge < -0.3 is 14.5 Å². The van der Waals surface area contributed by atoms with E-state index in [-0.39, 0.29) is 18.0 Å². The molecule has 124 valence electrons. The quantitative estimate of drug-likeness (QED) is 0.876. The lowest BCUT2D eigenvalue weighted by Gasteiger charge is -2.27. The Bertz CT molecular complexity index is 868. The van der Waals surface area contributed by atoms with Gasteiger partial charge in [-0.2, -0.15) is 4.98 Å². The minimum Gasteiger partial charge on any atom is -0.463 e. The number of nitrogens with one attached hydrogen (secondary N) is 1. The predicted octanol–water partition coefficient (Wildman–Crippen LogP) is 2.44. The van der Waals surface area contributed by atoms with Crippen molar-refractivity contribution in [2.24, 2.45) is 0 Å². The summed E-state index contributed by atoms with van der Waals surface area (Å²) in [5.41, 5.74) is 1.13. The van der Waals surface area contributed by atoms with E-state index in [1.807, 2.05) is 30.3 Å². The molecule has 2 aromatic rings. The Morgan fingerprint density at radius 1 is 1.29 bits per heavy atom. The van der Waals surface area contributed by atoms with E-state index >= 15 is 0 Å². The van der Waals surface area contributed by atoms with Crippen molar-refractivity contribution in [1.29, 1.82) is 0 Å². The summed E-state index contributed by atoms with van der Waals surface area (Å²) in [5, 5.41) is 0. The van der Waals surface area contributed by atoms with E-state index in [4.69, 9.17) is 9.47 Å². The highest BCUT2D eigenvalue weighted by molar-refractivity contribution is 5.92. The molecule has 1 aliphatic rings. The van der Waals surface area contributed by atoms with Gasteiger partial charge in [-0.05, 0) is 26.3 Å². The molecule has 1 atom stereocenters. The highest BCUT2D eigenvalue weighted by Crippen LogP contribution is 2.40. The van der Waals surface area contributed by atoms with E-state index in [9.17, 15) is 9.59 Å². The second-order valence-electron chi connectivity index (χ2n) is 5.51. The lowest BCUT2D eigenvalue weighted by atomic mass is 9.83. The molecule has 3 rings (SSSR count). The number of hydrogen-bond acceptors (Lipinski definition) is 5. The van der Waals surface area contributed by atoms with Crippen LogP contribution in [0.5, 0.6) is 5.88 Å². The third-order valence-electron chi connectivity index (χ3n) is 3.87. The molecule has 0 amide bonds. The molecule has 0 unspecified atom stereocenters. The van der Waals surface area contributed by atoms with Crippen LogP contribution in [-0.2, 0) is 9.53 Å². The molecule has 0 saturated heterocycles. The zero-order valence-corrected chi connectivity index (χ0v) is 13.8. The Morgan fingerprint density at radius 2 is 2.00 bits per heavy atom. The summed E-state index contributed by atoms with van der Waals surface area (Å²) in [6.07, 6.45) is 0. The number of rotatable bonds is 3. The molecule has 1 N–H and O–H groups in total. The van der Waals surface area contributed by atoms with Crippen molar-refractivity contribution in [2.45, 2.75) is 26.7 Å². The zero-order valence-electron chi connectivity index (χ0n) is 13.8. The lowest BCUT2D eigenvalue weighted by molar-refractivity contribution is -0.139. The van der Waals surface area contributed by atoms with Crippen molar-refractivity contribution < 1.29 is 14.3 Å². The van der Waals surface area contributed by atoms with Gasteiger partial charge in [0, 0.05) is 0 Å². The maximum atomic E-state index is 12.6. The van der Waals surface area contributed by atoms with Gasteiger partial charge in [0.05, 0.1) is 23.7 Å². The summed E-state index contributed by atoms with van der Waals surface area (Å²) < 4.78 is 10.8. The fourth-order valence-corrected chi connectivity index (χ4v) is 2.90. The number of aromatic nitrogens is 2. The van der Waals surface area contributed by atoms with Crippen LogP contribution < -0.4 is 10.3 Å². The molecule has 6 heteroatoms. The van der Waals surface area contributed by atoms with Gasteiger partial charge in [-0.25, -0.2) is 4.79 Å². The maximum Gasteiger partial charge on any atom is 0.338 e. The van der Waals surface area contributed by atoms with Crippen LogP contribution >= 0.6 is 0 Å². The SMILES string of the molecule is CCOC(=O)C1=C(C)Oc2nc(C)[nH]c(=O)c2[C@H]1c1ccccc1. The molecule has 0 aliphatic carbocycles. The predicted molar refractivity (Wildman–Crippen MR) is 87.8 cm³/mol. The number of benzene rings is 1. The number of hydrogen-bond donors (Lipinski definition) is 1. The van der Waals surface area contributed by atoms with E-state index in [0.717, 1.165) is 5.56 Å². The molecule has 1 aliphatic heterocycles. The molecule has 0 radical (unpaired) electrons. The van der Waals surface area contributed by atoms with Gasteiger partial charge >= 0.3 is 5.97 Å². The fourth-order valence-electron chi connectivity index (χ4n) is 2.90. The number of esters is 1. The largest absolute Gasteiger partial charge is 0.463 e.